The number of rotatable bonds is 5. The summed E-state index contributed by atoms with van der Waals surface area (Å²) < 4.78 is 47.1. The third kappa shape index (κ3) is 8.39. The van der Waals surface area contributed by atoms with Crippen molar-refractivity contribution in [3.63, 3.8) is 0 Å². The molecule has 5 N–H and O–H groups in total. The number of carbonyl (C=O) groups excluding carboxylic acids is 2. The molecule has 0 atom stereocenters. The molecule has 1 aliphatic carbocycles. The first-order valence-corrected chi connectivity index (χ1v) is 14.5. The average molecular weight is 640 g/mol. The highest BCUT2D eigenvalue weighted by atomic mass is 19.4. The van der Waals surface area contributed by atoms with Gasteiger partial charge >= 0.3 is 12.1 Å². The highest BCUT2D eigenvalue weighted by Crippen LogP contribution is 2.41. The average Bonchev–Trinajstić information content (AvgIpc) is 3.45. The molecule has 13 heteroatoms. The largest absolute Gasteiger partial charge is 0.490 e. The third-order valence-corrected chi connectivity index (χ3v) is 7.69. The van der Waals surface area contributed by atoms with Crippen LogP contribution in [-0.4, -0.2) is 58.2 Å². The van der Waals surface area contributed by atoms with Crippen molar-refractivity contribution in [3.05, 3.63) is 82.2 Å². The van der Waals surface area contributed by atoms with E-state index in [-0.39, 0.29) is 24.1 Å². The molecule has 1 aromatic carbocycles. The van der Waals surface area contributed by atoms with Crippen LogP contribution in [-0.2, 0) is 9.59 Å². The lowest BCUT2D eigenvalue weighted by molar-refractivity contribution is -0.192. The number of anilines is 1. The van der Waals surface area contributed by atoms with Crippen molar-refractivity contribution < 1.29 is 37.1 Å². The Morgan fingerprint density at radius 3 is 2.39 bits per heavy atom. The molecule has 2 amide bonds. The number of aromatic amines is 1. The van der Waals surface area contributed by atoms with Crippen LogP contribution in [0.1, 0.15) is 64.1 Å². The van der Waals surface area contributed by atoms with Crippen LogP contribution < -0.4 is 16.0 Å². The molecule has 5 rings (SSSR count). The van der Waals surface area contributed by atoms with Crippen molar-refractivity contribution in [3.8, 4) is 11.8 Å². The summed E-state index contributed by atoms with van der Waals surface area (Å²) in [6, 6.07) is 8.53. The molecule has 1 fully saturated rings. The Labute approximate surface area is 262 Å². The van der Waals surface area contributed by atoms with Crippen LogP contribution in [0.25, 0.3) is 11.6 Å². The van der Waals surface area contributed by atoms with E-state index in [2.05, 4.69) is 27.1 Å². The van der Waals surface area contributed by atoms with Crippen LogP contribution in [0.5, 0.6) is 0 Å². The maximum absolute atomic E-state index is 15.3. The number of amides is 2. The summed E-state index contributed by atoms with van der Waals surface area (Å²) in [7, 11) is 0. The second-order valence-corrected chi connectivity index (χ2v) is 11.2. The smallest absolute Gasteiger partial charge is 0.475 e. The molecule has 0 radical (unpaired) electrons. The monoisotopic (exact) mass is 639 g/mol. The van der Waals surface area contributed by atoms with Crippen molar-refractivity contribution >= 4 is 35.1 Å². The molecule has 3 heterocycles. The van der Waals surface area contributed by atoms with Gasteiger partial charge in [0.05, 0.1) is 23.4 Å². The second-order valence-electron chi connectivity index (χ2n) is 11.2. The van der Waals surface area contributed by atoms with E-state index >= 15 is 4.39 Å². The van der Waals surface area contributed by atoms with E-state index in [1.54, 1.807) is 35.5 Å². The van der Waals surface area contributed by atoms with E-state index in [1.165, 1.54) is 12.1 Å². The number of carboxylic acid groups (broad SMARTS) is 1. The number of carbonyl (C=O) groups is 3. The van der Waals surface area contributed by atoms with Crippen molar-refractivity contribution in [2.75, 3.05) is 18.0 Å². The molecule has 9 nitrogen and oxygen atoms in total. The van der Waals surface area contributed by atoms with Crippen LogP contribution in [0.4, 0.5) is 23.2 Å². The van der Waals surface area contributed by atoms with E-state index in [0.717, 1.165) is 48.2 Å². The number of aromatic nitrogens is 2. The van der Waals surface area contributed by atoms with Crippen LogP contribution >= 0.6 is 0 Å². The maximum atomic E-state index is 15.3. The van der Waals surface area contributed by atoms with Gasteiger partial charge in [-0.2, -0.15) is 13.2 Å². The molecule has 1 aliphatic heterocycles. The summed E-state index contributed by atoms with van der Waals surface area (Å²) in [5, 5.41) is 9.79. The fraction of sp³-hybridized carbons (Fsp3) is 0.333. The van der Waals surface area contributed by atoms with Gasteiger partial charge in [-0.25, -0.2) is 9.18 Å². The van der Waals surface area contributed by atoms with E-state index in [4.69, 9.17) is 15.6 Å². The van der Waals surface area contributed by atoms with Crippen molar-refractivity contribution in [1.82, 2.24) is 15.3 Å². The Balaban J connectivity index is 0.000000617. The van der Waals surface area contributed by atoms with Gasteiger partial charge in [-0.05, 0) is 87.4 Å². The Bertz CT molecular complexity index is 1700. The maximum Gasteiger partial charge on any atom is 0.490 e. The molecule has 2 aromatic heterocycles. The number of halogens is 4. The first kappa shape index (κ1) is 33.9. The number of pyridine rings is 1. The number of nitrogens with zero attached hydrogens (tertiary/aromatic N) is 2. The molecule has 0 unspecified atom stereocenters. The van der Waals surface area contributed by atoms with Crippen LogP contribution in [0, 0.1) is 37.4 Å². The normalized spacial score (nSPS) is 18.3. The number of nitrogens with one attached hydrogen (secondary N) is 2. The number of aliphatic carboxylic acids is 1. The predicted molar refractivity (Wildman–Crippen MR) is 164 cm³/mol. The molecule has 0 saturated heterocycles. The minimum absolute atomic E-state index is 0.0548. The van der Waals surface area contributed by atoms with Gasteiger partial charge in [0.1, 0.15) is 5.82 Å². The Morgan fingerprint density at radius 1 is 1.15 bits per heavy atom. The van der Waals surface area contributed by atoms with Crippen LogP contribution in [0.15, 0.2) is 42.7 Å². The van der Waals surface area contributed by atoms with Gasteiger partial charge in [0.2, 0.25) is 0 Å². The Kier molecular flexibility index (Phi) is 10.6. The van der Waals surface area contributed by atoms with Crippen LogP contribution in [0.2, 0.25) is 0 Å². The quantitative estimate of drug-likeness (QED) is 0.176. The number of carboxylic acids is 1. The molecule has 2 aliphatic rings. The second kappa shape index (κ2) is 14.4. The SMILES string of the molecule is Cc1cc(C)c(/C=C2\C(=O)N(CC3CCC(N)CC3)c3cc(C(=O)NCC#Cc4ccncc4)c(F)cc32)[nH]1.O=C(O)C(F)(F)F. The van der Waals surface area contributed by atoms with Gasteiger partial charge < -0.3 is 26.0 Å². The number of fused-ring (bicyclic) bond motifs is 1. The number of alkyl halides is 3. The van der Waals surface area contributed by atoms with Gasteiger partial charge in [-0.15, -0.1) is 0 Å². The van der Waals surface area contributed by atoms with Crippen molar-refractivity contribution in [2.45, 2.75) is 51.7 Å². The number of benzene rings is 1. The number of hydrogen-bond donors (Lipinski definition) is 4. The highest BCUT2D eigenvalue weighted by molar-refractivity contribution is 6.36. The van der Waals surface area contributed by atoms with E-state index in [1.807, 2.05) is 19.9 Å². The lowest BCUT2D eigenvalue weighted by atomic mass is 9.86. The lowest BCUT2D eigenvalue weighted by Crippen LogP contribution is -2.36. The molecule has 3 aromatic rings. The number of nitrogens with two attached hydrogens (primary N) is 1. The lowest BCUT2D eigenvalue weighted by Gasteiger charge is -2.30. The zero-order valence-corrected chi connectivity index (χ0v) is 25.2. The van der Waals surface area contributed by atoms with E-state index in [9.17, 15) is 22.8 Å². The predicted octanol–water partition coefficient (Wildman–Crippen LogP) is 4.99. The molecule has 0 spiro atoms. The van der Waals surface area contributed by atoms with Crippen molar-refractivity contribution in [2.24, 2.45) is 11.7 Å². The van der Waals surface area contributed by atoms with Gasteiger partial charge in [0.15, 0.2) is 0 Å². The summed E-state index contributed by atoms with van der Waals surface area (Å²) in [5.74, 6) is 1.89. The first-order valence-electron chi connectivity index (χ1n) is 14.5. The minimum atomic E-state index is -5.08. The zero-order valence-electron chi connectivity index (χ0n) is 25.2. The van der Waals surface area contributed by atoms with Crippen LogP contribution in [0.3, 0.4) is 0 Å². The molecule has 46 heavy (non-hydrogen) atoms. The Morgan fingerprint density at radius 2 is 1.80 bits per heavy atom. The molecular formula is C33H33F4N5O4. The standard InChI is InChI=1S/C31H32FN5O2.C2HF3O2/c1-19-14-20(2)36-28(19)16-25-24-15-27(32)26(30(38)35-11-3-4-21-9-12-34-13-10-21)17-29(24)37(31(25)39)18-22-5-7-23(33)8-6-22;3-2(4,5)1(6)7/h9-10,12-17,22-23,36H,5-8,11,18,33H2,1-2H3,(H,35,38);(H,6,7)/b25-16-;. The fourth-order valence-electron chi connectivity index (χ4n) is 5.34. The van der Waals surface area contributed by atoms with Gasteiger partial charge in [-0.1, -0.05) is 11.8 Å². The third-order valence-electron chi connectivity index (χ3n) is 7.69. The Hall–Kier alpha value is -4.96. The summed E-state index contributed by atoms with van der Waals surface area (Å²) >= 11 is 0. The fourth-order valence-corrected chi connectivity index (χ4v) is 5.34. The summed E-state index contributed by atoms with van der Waals surface area (Å²) in [5.41, 5.74) is 11.0. The van der Waals surface area contributed by atoms with E-state index in [0.29, 0.717) is 29.3 Å². The highest BCUT2D eigenvalue weighted by Gasteiger charge is 2.38. The summed E-state index contributed by atoms with van der Waals surface area (Å²) in [6.07, 6.45) is 3.67. The molecule has 0 bridgehead atoms. The first-order chi connectivity index (χ1) is 21.7. The summed E-state index contributed by atoms with van der Waals surface area (Å²) in [6.45, 7) is 4.47. The molecule has 1 saturated carbocycles. The topological polar surface area (TPSA) is 141 Å². The van der Waals surface area contributed by atoms with Crippen molar-refractivity contribution in [1.29, 1.82) is 0 Å². The molecular weight excluding hydrogens is 606 g/mol. The number of aryl methyl sites for hydroxylation is 2. The van der Waals surface area contributed by atoms with Gasteiger partial charge in [0, 0.05) is 47.5 Å². The van der Waals surface area contributed by atoms with Gasteiger partial charge in [-0.3, -0.25) is 14.6 Å². The zero-order chi connectivity index (χ0) is 33.6. The molecule has 242 valence electrons. The van der Waals surface area contributed by atoms with E-state index < -0.39 is 23.9 Å². The minimum Gasteiger partial charge on any atom is -0.475 e. The van der Waals surface area contributed by atoms with Gasteiger partial charge in [0.25, 0.3) is 11.8 Å². The number of H-pyrrole nitrogens is 1. The number of hydrogen-bond acceptors (Lipinski definition) is 5. The summed E-state index contributed by atoms with van der Waals surface area (Å²) in [4.78, 5) is 44.5.